The van der Waals surface area contributed by atoms with Gasteiger partial charge in [-0.15, -0.1) is 0 Å². The summed E-state index contributed by atoms with van der Waals surface area (Å²) in [6.07, 6.45) is 8.83. The van der Waals surface area contributed by atoms with Gasteiger partial charge in [0, 0.05) is 68.1 Å². The number of imide groups is 1. The van der Waals surface area contributed by atoms with Crippen LogP contribution >= 0.6 is 0 Å². The molecule has 5 aromatic rings. The Balaban J connectivity index is 0.00000198. The monoisotopic (exact) mass is 908 g/mol. The van der Waals surface area contributed by atoms with E-state index in [2.05, 4.69) is 98.4 Å². The van der Waals surface area contributed by atoms with Gasteiger partial charge in [0.1, 0.15) is 6.04 Å². The largest absolute Gasteiger partial charge is 0.483 e. The van der Waals surface area contributed by atoms with Gasteiger partial charge in [0.25, 0.3) is 12.4 Å². The Labute approximate surface area is 392 Å². The van der Waals surface area contributed by atoms with E-state index in [-0.39, 0.29) is 36.4 Å². The summed E-state index contributed by atoms with van der Waals surface area (Å²) in [5, 5.41) is 21.6. The summed E-state index contributed by atoms with van der Waals surface area (Å²) in [6, 6.07) is 24.4. The molecule has 2 atom stereocenters. The van der Waals surface area contributed by atoms with Crippen molar-refractivity contribution >= 4 is 57.4 Å². The average molecular weight is 909 g/mol. The maximum absolute atomic E-state index is 13.6. The minimum Gasteiger partial charge on any atom is -0.483 e. The fourth-order valence-electron chi connectivity index (χ4n) is 10.3. The zero-order valence-electron chi connectivity index (χ0n) is 39.0. The van der Waals surface area contributed by atoms with E-state index in [0.717, 1.165) is 127 Å². The Kier molecular flexibility index (Phi) is 15.1. The number of imidazole rings is 1. The highest BCUT2D eigenvalue weighted by molar-refractivity contribution is 6.00. The van der Waals surface area contributed by atoms with Crippen LogP contribution in [0, 0.1) is 30.6 Å². The Bertz CT molecular complexity index is 2730. The average Bonchev–Trinajstić information content (AvgIpc) is 3.56. The number of anilines is 2. The van der Waals surface area contributed by atoms with E-state index in [1.165, 1.54) is 19.3 Å². The number of carbonyl (C=O) groups is 4. The van der Waals surface area contributed by atoms with Crippen molar-refractivity contribution in [1.82, 2.24) is 30.0 Å². The molecule has 4 aromatic carbocycles. The number of unbranched alkanes of at least 4 members (excludes halogenated alkanes) is 1. The number of rotatable bonds is 12. The third-order valence-corrected chi connectivity index (χ3v) is 14.3. The Morgan fingerprint density at radius 3 is 2.36 bits per heavy atom. The molecule has 5 N–H and O–H groups in total. The fraction of sp³-hybridized carbons (Fsp3) is 0.453. The zero-order chi connectivity index (χ0) is 47.0. The highest BCUT2D eigenvalue weighted by Crippen LogP contribution is 2.32. The van der Waals surface area contributed by atoms with E-state index in [9.17, 15) is 19.2 Å². The SMILES string of the molecule is Cc1ccc(NC2CNC2)cc1C(=O)N[C@H](C)c1ccc(C#CC2CCN(CCCCC3CCN(c4ccc5c(c4)n(C)c(=O)n5C4CCC(=O)NC4=O)CC3)CC2)c2ccccc12.O=CO. The first-order chi connectivity index (χ1) is 32.5. The highest BCUT2D eigenvalue weighted by Gasteiger charge is 2.32. The van der Waals surface area contributed by atoms with Gasteiger partial charge < -0.3 is 30.9 Å². The van der Waals surface area contributed by atoms with E-state index in [1.807, 2.05) is 31.2 Å². The summed E-state index contributed by atoms with van der Waals surface area (Å²) in [5.74, 6) is 7.57. The van der Waals surface area contributed by atoms with Crippen LogP contribution in [0.25, 0.3) is 21.8 Å². The number of likely N-dealkylation sites (tertiary alicyclic amines) is 1. The van der Waals surface area contributed by atoms with Crippen LogP contribution in [-0.4, -0.2) is 95.2 Å². The van der Waals surface area contributed by atoms with Gasteiger partial charge in [0.2, 0.25) is 11.8 Å². The number of fused-ring (bicyclic) bond motifs is 2. The van der Waals surface area contributed by atoms with Gasteiger partial charge in [-0.25, -0.2) is 4.79 Å². The van der Waals surface area contributed by atoms with Gasteiger partial charge in [0.15, 0.2) is 0 Å². The van der Waals surface area contributed by atoms with Crippen LogP contribution < -0.4 is 31.9 Å². The summed E-state index contributed by atoms with van der Waals surface area (Å²) in [6.45, 7) is 11.0. The summed E-state index contributed by atoms with van der Waals surface area (Å²) >= 11 is 0. The minimum atomic E-state index is -0.671. The van der Waals surface area contributed by atoms with Gasteiger partial charge in [-0.2, -0.15) is 0 Å². The molecule has 1 unspecified atom stereocenters. The zero-order valence-corrected chi connectivity index (χ0v) is 39.0. The predicted molar refractivity (Wildman–Crippen MR) is 263 cm³/mol. The van der Waals surface area contributed by atoms with Gasteiger partial charge >= 0.3 is 5.69 Å². The minimum absolute atomic E-state index is 0.0665. The van der Waals surface area contributed by atoms with Crippen LogP contribution in [0.15, 0.2) is 77.6 Å². The molecule has 0 aliphatic carbocycles. The second-order valence-corrected chi connectivity index (χ2v) is 18.7. The van der Waals surface area contributed by atoms with Crippen LogP contribution in [0.4, 0.5) is 11.4 Å². The number of nitrogens with zero attached hydrogens (tertiary/aromatic N) is 4. The topological polar surface area (TPSA) is 170 Å². The quantitative estimate of drug-likeness (QED) is 0.0403. The molecular formula is C53H64N8O6. The van der Waals surface area contributed by atoms with E-state index in [0.29, 0.717) is 23.9 Å². The van der Waals surface area contributed by atoms with Gasteiger partial charge in [-0.3, -0.25) is 33.6 Å². The molecule has 67 heavy (non-hydrogen) atoms. The Morgan fingerprint density at radius 1 is 0.896 bits per heavy atom. The molecule has 4 fully saturated rings. The molecule has 14 heteroatoms. The smallest absolute Gasteiger partial charge is 0.329 e. The van der Waals surface area contributed by atoms with Gasteiger partial charge in [-0.1, -0.05) is 61.1 Å². The second kappa shape index (κ2) is 21.5. The molecule has 0 spiro atoms. The summed E-state index contributed by atoms with van der Waals surface area (Å²) in [5.41, 5.74) is 7.17. The molecule has 0 radical (unpaired) electrons. The van der Waals surface area contributed by atoms with Crippen LogP contribution in [0.2, 0.25) is 0 Å². The van der Waals surface area contributed by atoms with Crippen molar-refractivity contribution in [1.29, 1.82) is 0 Å². The maximum Gasteiger partial charge on any atom is 0.329 e. The van der Waals surface area contributed by atoms with Crippen molar-refractivity contribution in [3.63, 3.8) is 0 Å². The number of aromatic nitrogens is 2. The van der Waals surface area contributed by atoms with Crippen LogP contribution in [0.1, 0.15) is 104 Å². The lowest BCUT2D eigenvalue weighted by molar-refractivity contribution is -0.135. The molecule has 0 bridgehead atoms. The molecule has 0 saturated carbocycles. The third kappa shape index (κ3) is 10.9. The number of hydrogen-bond acceptors (Lipinski definition) is 9. The lowest BCUT2D eigenvalue weighted by atomic mass is 9.91. The summed E-state index contributed by atoms with van der Waals surface area (Å²) in [7, 11) is 1.75. The summed E-state index contributed by atoms with van der Waals surface area (Å²) < 4.78 is 3.17. The Morgan fingerprint density at radius 2 is 1.64 bits per heavy atom. The van der Waals surface area contributed by atoms with Crippen molar-refractivity contribution in [2.45, 2.75) is 89.8 Å². The molecule has 1 aromatic heterocycles. The number of hydrogen-bond donors (Lipinski definition) is 5. The number of amides is 3. The first-order valence-corrected chi connectivity index (χ1v) is 24.0. The standard InChI is InChI=1S/C52H62N8O4.CH2O2/c1-34-11-15-39(55-40-32-53-33-40)30-45(34)50(62)54-35(2)42-17-14-38(43-9-4-5-10-44(42)43)13-12-37-21-26-58(27-22-37)25-7-6-8-36-23-28-59(29-24-36)41-16-18-46-48(31-41)57(3)52(64)60(46)47-19-20-49(61)56-51(47)63;2-1-3/h4-5,9-11,14-18,30-31,35-37,40,47,53,55H,6-8,19-29,32-33H2,1-3H3,(H,54,62)(H,56,61,63);1H,(H,2,3)/t35-,47?;/m1./s1. The molecular weight excluding hydrogens is 845 g/mol. The number of piperidine rings is 3. The molecule has 4 saturated heterocycles. The molecule has 4 aliphatic rings. The normalized spacial score (nSPS) is 18.9. The van der Waals surface area contributed by atoms with Crippen LogP contribution in [-0.2, 0) is 21.4 Å². The van der Waals surface area contributed by atoms with Crippen molar-refractivity contribution in [2.75, 3.05) is 56.0 Å². The number of carboxylic acid groups (broad SMARTS) is 1. The maximum atomic E-state index is 13.6. The van der Waals surface area contributed by atoms with E-state index in [1.54, 1.807) is 16.2 Å². The van der Waals surface area contributed by atoms with Crippen LogP contribution in [0.3, 0.4) is 0 Å². The molecule has 4 aliphatic heterocycles. The van der Waals surface area contributed by atoms with E-state index in [4.69, 9.17) is 9.90 Å². The number of carbonyl (C=O) groups excluding carboxylic acids is 3. The number of nitrogens with one attached hydrogen (secondary N) is 4. The van der Waals surface area contributed by atoms with Crippen molar-refractivity contribution < 1.29 is 24.3 Å². The van der Waals surface area contributed by atoms with Crippen LogP contribution in [0.5, 0.6) is 0 Å². The highest BCUT2D eigenvalue weighted by atomic mass is 16.3. The number of benzene rings is 4. The molecule has 352 valence electrons. The molecule has 3 amide bonds. The predicted octanol–water partition coefficient (Wildman–Crippen LogP) is 6.51. The van der Waals surface area contributed by atoms with Gasteiger partial charge in [0.05, 0.1) is 23.1 Å². The van der Waals surface area contributed by atoms with Crippen molar-refractivity contribution in [3.8, 4) is 11.8 Å². The molecule has 5 heterocycles. The first-order valence-electron chi connectivity index (χ1n) is 24.0. The first kappa shape index (κ1) is 47.1. The fourth-order valence-corrected chi connectivity index (χ4v) is 10.3. The van der Waals surface area contributed by atoms with E-state index >= 15 is 0 Å². The lowest BCUT2D eigenvalue weighted by Gasteiger charge is -2.34. The third-order valence-electron chi connectivity index (χ3n) is 14.3. The lowest BCUT2D eigenvalue weighted by Crippen LogP contribution is -2.51. The summed E-state index contributed by atoms with van der Waals surface area (Å²) in [4.78, 5) is 64.5. The number of aryl methyl sites for hydroxylation is 2. The Hall–Kier alpha value is -6.43. The molecule has 14 nitrogen and oxygen atoms in total. The van der Waals surface area contributed by atoms with Gasteiger partial charge in [-0.05, 0) is 136 Å². The second-order valence-electron chi connectivity index (χ2n) is 18.7. The van der Waals surface area contributed by atoms with E-state index < -0.39 is 11.9 Å². The molecule has 9 rings (SSSR count). The van der Waals surface area contributed by atoms with Crippen molar-refractivity contribution in [2.24, 2.45) is 18.9 Å². The van der Waals surface area contributed by atoms with Crippen molar-refractivity contribution in [3.05, 3.63) is 106 Å².